The summed E-state index contributed by atoms with van der Waals surface area (Å²) in [6, 6.07) is 33.8. The van der Waals surface area contributed by atoms with Crippen LogP contribution in [0.25, 0.3) is 6.08 Å². The highest BCUT2D eigenvalue weighted by molar-refractivity contribution is 6.07. The van der Waals surface area contributed by atoms with Crippen LogP contribution in [0.4, 0.5) is 5.69 Å². The van der Waals surface area contributed by atoms with Crippen LogP contribution in [0.3, 0.4) is 0 Å². The predicted molar refractivity (Wildman–Crippen MR) is 149 cm³/mol. The molecule has 1 atom stereocenters. The summed E-state index contributed by atoms with van der Waals surface area (Å²) in [6.07, 6.45) is 4.23. The van der Waals surface area contributed by atoms with Gasteiger partial charge in [0.25, 0.3) is 0 Å². The number of rotatable bonds is 8. The molecular formula is C32H28N2O3. The second-order valence-corrected chi connectivity index (χ2v) is 8.77. The van der Waals surface area contributed by atoms with Crippen molar-refractivity contribution in [2.75, 3.05) is 19.2 Å². The zero-order chi connectivity index (χ0) is 25.6. The lowest BCUT2D eigenvalue weighted by atomic mass is 9.98. The van der Waals surface area contributed by atoms with Crippen molar-refractivity contribution in [1.82, 2.24) is 0 Å². The van der Waals surface area contributed by atoms with Crippen LogP contribution < -0.4 is 14.5 Å². The first-order chi connectivity index (χ1) is 18.1. The molecule has 0 saturated carbocycles. The van der Waals surface area contributed by atoms with E-state index in [-0.39, 0.29) is 11.8 Å². The Morgan fingerprint density at radius 2 is 1.43 bits per heavy atom. The molecule has 0 bridgehead atoms. The highest BCUT2D eigenvalue weighted by atomic mass is 16.5. The fourth-order valence-corrected chi connectivity index (χ4v) is 4.40. The molecule has 0 spiro atoms. The number of hydrogen-bond acceptors (Lipinski definition) is 5. The van der Waals surface area contributed by atoms with E-state index >= 15 is 0 Å². The Morgan fingerprint density at radius 3 is 2.05 bits per heavy atom. The van der Waals surface area contributed by atoms with Gasteiger partial charge in [-0.2, -0.15) is 5.10 Å². The smallest absolute Gasteiger partial charge is 0.185 e. The molecule has 0 amide bonds. The lowest BCUT2D eigenvalue weighted by molar-refractivity contribution is 0.104. The lowest BCUT2D eigenvalue weighted by Crippen LogP contribution is -2.18. The first-order valence-electron chi connectivity index (χ1n) is 12.2. The minimum atomic E-state index is -0.0517. The molecule has 4 aromatic rings. The summed E-state index contributed by atoms with van der Waals surface area (Å²) in [7, 11) is 3.28. The van der Waals surface area contributed by atoms with E-state index in [9.17, 15) is 4.79 Å². The van der Waals surface area contributed by atoms with Crippen molar-refractivity contribution >= 4 is 23.3 Å². The second-order valence-electron chi connectivity index (χ2n) is 8.77. The fourth-order valence-electron chi connectivity index (χ4n) is 4.40. The number of carbonyl (C=O) groups is 1. The molecule has 1 aliphatic heterocycles. The summed E-state index contributed by atoms with van der Waals surface area (Å²) >= 11 is 0. The van der Waals surface area contributed by atoms with Crippen molar-refractivity contribution in [2.45, 2.75) is 12.5 Å². The Balaban J connectivity index is 1.37. The van der Waals surface area contributed by atoms with Gasteiger partial charge in [0.1, 0.15) is 11.5 Å². The first kappa shape index (κ1) is 24.1. The third kappa shape index (κ3) is 5.46. The zero-order valence-corrected chi connectivity index (χ0v) is 20.9. The topological polar surface area (TPSA) is 51.1 Å². The highest BCUT2D eigenvalue weighted by Crippen LogP contribution is 2.37. The molecule has 5 nitrogen and oxygen atoms in total. The van der Waals surface area contributed by atoms with Gasteiger partial charge in [0.2, 0.25) is 0 Å². The molecule has 0 aliphatic carbocycles. The number of benzene rings is 4. The predicted octanol–water partition coefficient (Wildman–Crippen LogP) is 6.96. The Bertz CT molecular complexity index is 1410. The number of hydrogen-bond donors (Lipinski definition) is 0. The van der Waals surface area contributed by atoms with Gasteiger partial charge in [-0.25, -0.2) is 0 Å². The average Bonchev–Trinajstić information content (AvgIpc) is 3.42. The monoisotopic (exact) mass is 488 g/mol. The number of nitrogens with zero attached hydrogens (tertiary/aromatic N) is 2. The van der Waals surface area contributed by atoms with Gasteiger partial charge in [0.15, 0.2) is 5.78 Å². The van der Waals surface area contributed by atoms with E-state index in [1.165, 1.54) is 5.56 Å². The zero-order valence-electron chi connectivity index (χ0n) is 20.9. The SMILES string of the molecule is COc1ccc(C(=O)/C=C/c2ccc(N3N=C(c4ccc(OC)cc4)CC3c3ccccc3)cc2)cc1. The van der Waals surface area contributed by atoms with Crippen molar-refractivity contribution in [3.05, 3.63) is 131 Å². The Hall–Kier alpha value is -4.64. The van der Waals surface area contributed by atoms with Crippen molar-refractivity contribution in [3.63, 3.8) is 0 Å². The van der Waals surface area contributed by atoms with Gasteiger partial charge < -0.3 is 9.47 Å². The van der Waals surface area contributed by atoms with E-state index in [0.717, 1.165) is 40.4 Å². The maximum absolute atomic E-state index is 12.5. The maximum Gasteiger partial charge on any atom is 0.185 e. The van der Waals surface area contributed by atoms with Gasteiger partial charge in [-0.15, -0.1) is 0 Å². The van der Waals surface area contributed by atoms with E-state index in [0.29, 0.717) is 5.56 Å². The molecule has 0 saturated heterocycles. The third-order valence-corrected chi connectivity index (χ3v) is 6.48. The molecule has 4 aromatic carbocycles. The minimum Gasteiger partial charge on any atom is -0.497 e. The van der Waals surface area contributed by atoms with Crippen LogP contribution in [0, 0.1) is 0 Å². The van der Waals surface area contributed by atoms with E-state index in [1.807, 2.05) is 48.5 Å². The number of carbonyl (C=O) groups excluding carboxylic acids is 1. The van der Waals surface area contributed by atoms with Gasteiger partial charge in [0.05, 0.1) is 31.7 Å². The Labute approximate surface area is 217 Å². The summed E-state index contributed by atoms with van der Waals surface area (Å²) < 4.78 is 10.5. The minimum absolute atomic E-state index is 0.0517. The Kier molecular flexibility index (Phi) is 7.13. The highest BCUT2D eigenvalue weighted by Gasteiger charge is 2.29. The number of methoxy groups -OCH3 is 2. The molecule has 1 aliphatic rings. The maximum atomic E-state index is 12.5. The molecule has 0 N–H and O–H groups in total. The largest absolute Gasteiger partial charge is 0.497 e. The normalized spacial score (nSPS) is 15.0. The van der Waals surface area contributed by atoms with E-state index in [1.54, 1.807) is 44.6 Å². The standard InChI is InChI=1S/C32H28N2O3/c1-36-28-17-11-24(12-18-28)30-22-31(25-6-4-3-5-7-25)34(33-30)27-15-8-23(9-16-27)10-21-32(35)26-13-19-29(37-2)20-14-26/h3-21,31H,22H2,1-2H3/b21-10+. The number of ether oxygens (including phenoxy) is 2. The Morgan fingerprint density at radius 1 is 0.811 bits per heavy atom. The lowest BCUT2D eigenvalue weighted by Gasteiger charge is -2.24. The molecule has 184 valence electrons. The van der Waals surface area contributed by atoms with Crippen LogP contribution >= 0.6 is 0 Å². The van der Waals surface area contributed by atoms with Crippen LogP contribution in [-0.2, 0) is 0 Å². The summed E-state index contributed by atoms with van der Waals surface area (Å²) in [5.74, 6) is 1.50. The van der Waals surface area contributed by atoms with E-state index in [2.05, 4.69) is 41.4 Å². The van der Waals surface area contributed by atoms with E-state index in [4.69, 9.17) is 14.6 Å². The third-order valence-electron chi connectivity index (χ3n) is 6.48. The summed E-state index contributed by atoms with van der Waals surface area (Å²) in [5.41, 5.74) is 5.89. The average molecular weight is 489 g/mol. The van der Waals surface area contributed by atoms with Crippen LogP contribution in [0.2, 0.25) is 0 Å². The number of allylic oxidation sites excluding steroid dienone is 1. The quantitative estimate of drug-likeness (QED) is 0.199. The van der Waals surface area contributed by atoms with Crippen LogP contribution in [-0.4, -0.2) is 25.7 Å². The van der Waals surface area contributed by atoms with Crippen LogP contribution in [0.5, 0.6) is 11.5 Å². The van der Waals surface area contributed by atoms with Gasteiger partial charge in [-0.05, 0) is 83.4 Å². The van der Waals surface area contributed by atoms with Gasteiger partial charge in [-0.1, -0.05) is 48.5 Å². The fraction of sp³-hybridized carbons (Fsp3) is 0.125. The van der Waals surface area contributed by atoms with Gasteiger partial charge in [0, 0.05) is 12.0 Å². The molecule has 1 unspecified atom stereocenters. The number of hydrazone groups is 1. The molecule has 0 aromatic heterocycles. The second kappa shape index (κ2) is 11.0. The van der Waals surface area contributed by atoms with Gasteiger partial charge >= 0.3 is 0 Å². The summed E-state index contributed by atoms with van der Waals surface area (Å²) in [6.45, 7) is 0. The van der Waals surface area contributed by atoms with E-state index < -0.39 is 0 Å². The molecular weight excluding hydrogens is 460 g/mol. The van der Waals surface area contributed by atoms with Crippen molar-refractivity contribution in [2.24, 2.45) is 5.10 Å². The molecule has 0 radical (unpaired) electrons. The summed E-state index contributed by atoms with van der Waals surface area (Å²) in [5, 5.41) is 7.11. The van der Waals surface area contributed by atoms with Crippen molar-refractivity contribution in [3.8, 4) is 11.5 Å². The van der Waals surface area contributed by atoms with Crippen LogP contribution in [0.15, 0.2) is 114 Å². The summed E-state index contributed by atoms with van der Waals surface area (Å²) in [4.78, 5) is 12.5. The first-order valence-corrected chi connectivity index (χ1v) is 12.2. The molecule has 1 heterocycles. The van der Waals surface area contributed by atoms with Gasteiger partial charge in [-0.3, -0.25) is 9.80 Å². The number of ketones is 1. The van der Waals surface area contributed by atoms with Crippen LogP contribution in [0.1, 0.15) is 39.5 Å². The molecule has 37 heavy (non-hydrogen) atoms. The molecule has 5 heteroatoms. The number of anilines is 1. The van der Waals surface area contributed by atoms with Crippen molar-refractivity contribution < 1.29 is 14.3 Å². The molecule has 5 rings (SSSR count). The van der Waals surface area contributed by atoms with Crippen molar-refractivity contribution in [1.29, 1.82) is 0 Å². The molecule has 0 fully saturated rings.